The van der Waals surface area contributed by atoms with Crippen LogP contribution in [0.5, 0.6) is 11.5 Å². The Bertz CT molecular complexity index is 386. The van der Waals surface area contributed by atoms with Gasteiger partial charge in [0.25, 0.3) is 0 Å². The van der Waals surface area contributed by atoms with Gasteiger partial charge >= 0.3 is 0 Å². The van der Waals surface area contributed by atoms with Crippen LogP contribution in [0.25, 0.3) is 0 Å². The second-order valence-electron chi connectivity index (χ2n) is 2.96. The molecule has 0 atom stereocenters. The zero-order valence-electron chi connectivity index (χ0n) is 8.77. The number of phenolic OH excluding ortho intramolecular Hbond substituents is 2. The number of aromatic hydroxyl groups is 2. The van der Waals surface area contributed by atoms with Gasteiger partial charge in [0, 0.05) is 33.3 Å². The number of halogens is 2. The summed E-state index contributed by atoms with van der Waals surface area (Å²) < 4.78 is 2.12. The van der Waals surface area contributed by atoms with Crippen molar-refractivity contribution in [2.45, 2.75) is 0 Å². The van der Waals surface area contributed by atoms with E-state index in [4.69, 9.17) is 10.2 Å². The third kappa shape index (κ3) is 8.16. The summed E-state index contributed by atoms with van der Waals surface area (Å²) >= 11 is 4.29. The first-order valence-electron chi connectivity index (χ1n) is 4.47. The van der Waals surface area contributed by atoms with Gasteiger partial charge in [-0.25, -0.2) is 0 Å². The Kier molecular flexibility index (Phi) is 9.54. The number of benzene rings is 2. The molecule has 0 aliphatic heterocycles. The molecule has 0 unspecified atom stereocenters. The van der Waals surface area contributed by atoms with Crippen molar-refractivity contribution in [2.75, 3.05) is 0 Å². The van der Waals surface area contributed by atoms with E-state index in [2.05, 4.69) is 45.2 Å². The van der Waals surface area contributed by atoms with E-state index < -0.39 is 0 Å². The Labute approximate surface area is 147 Å². The molecule has 2 nitrogen and oxygen atoms in total. The monoisotopic (exact) mass is 530 g/mol. The topological polar surface area (TPSA) is 40.5 Å². The maximum atomic E-state index is 8.81. The second-order valence-corrected chi connectivity index (χ2v) is 5.45. The normalized spacial score (nSPS) is 8.59. The molecule has 2 rings (SSSR count). The van der Waals surface area contributed by atoms with Gasteiger partial charge < -0.3 is 10.2 Å². The van der Waals surface area contributed by atoms with Gasteiger partial charge in [0.15, 0.2) is 0 Å². The van der Waals surface area contributed by atoms with Crippen LogP contribution in [0.15, 0.2) is 48.5 Å². The molecule has 2 aromatic rings. The van der Waals surface area contributed by atoms with Crippen molar-refractivity contribution in [3.05, 3.63) is 55.7 Å². The molecule has 0 saturated heterocycles. The van der Waals surface area contributed by atoms with Crippen molar-refractivity contribution in [3.63, 3.8) is 0 Å². The standard InChI is InChI=1S/2C6H5IO.Zr/c2*7-5-2-1-3-6(8)4-5;/h2*1-4,8H;. The van der Waals surface area contributed by atoms with Crippen LogP contribution in [0.2, 0.25) is 0 Å². The fraction of sp³-hybridized carbons (Fsp3) is 0. The fourth-order valence-corrected chi connectivity index (χ4v) is 2.01. The van der Waals surface area contributed by atoms with Crippen LogP contribution in [-0.2, 0) is 26.2 Å². The van der Waals surface area contributed by atoms with Crippen molar-refractivity contribution in [2.24, 2.45) is 0 Å². The summed E-state index contributed by atoms with van der Waals surface area (Å²) in [6.07, 6.45) is 0. The van der Waals surface area contributed by atoms with Crippen molar-refractivity contribution < 1.29 is 36.4 Å². The maximum Gasteiger partial charge on any atom is 0.116 e. The van der Waals surface area contributed by atoms with E-state index >= 15 is 0 Å². The number of hydrogen-bond donors (Lipinski definition) is 2. The molecule has 0 heterocycles. The summed E-state index contributed by atoms with van der Waals surface area (Å²) in [4.78, 5) is 0. The van der Waals surface area contributed by atoms with E-state index in [0.29, 0.717) is 11.5 Å². The first-order valence-corrected chi connectivity index (χ1v) is 6.63. The largest absolute Gasteiger partial charge is 0.508 e. The smallest absolute Gasteiger partial charge is 0.116 e. The Hall–Kier alpha value is 0.383. The van der Waals surface area contributed by atoms with Crippen LogP contribution in [0.3, 0.4) is 0 Å². The van der Waals surface area contributed by atoms with Crippen LogP contribution in [0.1, 0.15) is 0 Å². The molecule has 5 heteroatoms. The van der Waals surface area contributed by atoms with Crippen molar-refractivity contribution in [1.82, 2.24) is 0 Å². The van der Waals surface area contributed by atoms with Gasteiger partial charge in [-0.15, -0.1) is 0 Å². The zero-order valence-corrected chi connectivity index (χ0v) is 15.5. The fourth-order valence-electron chi connectivity index (χ4n) is 0.952. The summed E-state index contributed by atoms with van der Waals surface area (Å²) in [6.45, 7) is 0. The van der Waals surface area contributed by atoms with Crippen LogP contribution in [-0.4, -0.2) is 10.2 Å². The van der Waals surface area contributed by atoms with E-state index in [-0.39, 0.29) is 26.2 Å². The molecular weight excluding hydrogens is 521 g/mol. The number of hydrogen-bond acceptors (Lipinski definition) is 2. The van der Waals surface area contributed by atoms with Gasteiger partial charge in [0.05, 0.1) is 0 Å². The van der Waals surface area contributed by atoms with Crippen molar-refractivity contribution in [3.8, 4) is 11.5 Å². The average Bonchev–Trinajstić information content (AvgIpc) is 2.17. The number of phenols is 2. The van der Waals surface area contributed by atoms with Crippen LogP contribution in [0.4, 0.5) is 0 Å². The molecule has 2 N–H and O–H groups in total. The van der Waals surface area contributed by atoms with E-state index in [1.54, 1.807) is 24.3 Å². The van der Waals surface area contributed by atoms with E-state index in [9.17, 15) is 0 Å². The molecule has 0 spiro atoms. The summed E-state index contributed by atoms with van der Waals surface area (Å²) in [5.74, 6) is 0.661. The van der Waals surface area contributed by atoms with E-state index in [0.717, 1.165) is 7.14 Å². The molecule has 88 valence electrons. The molecule has 0 bridgehead atoms. The Morgan fingerprint density at radius 3 is 1.24 bits per heavy atom. The van der Waals surface area contributed by atoms with E-state index in [1.165, 1.54) is 0 Å². The minimum Gasteiger partial charge on any atom is -0.508 e. The van der Waals surface area contributed by atoms with Crippen LogP contribution >= 0.6 is 45.2 Å². The Morgan fingerprint density at radius 2 is 1.06 bits per heavy atom. The summed E-state index contributed by atoms with van der Waals surface area (Å²) in [5.41, 5.74) is 0. The minimum atomic E-state index is 0. The summed E-state index contributed by atoms with van der Waals surface area (Å²) in [5, 5.41) is 17.6. The first kappa shape index (κ1) is 17.4. The van der Waals surface area contributed by atoms with Gasteiger partial charge in [-0.2, -0.15) is 0 Å². The molecular formula is C12H10I2O2Zr. The van der Waals surface area contributed by atoms with Gasteiger partial charge in [-0.3, -0.25) is 0 Å². The molecule has 0 radical (unpaired) electrons. The second kappa shape index (κ2) is 9.33. The molecule has 0 fully saturated rings. The third-order valence-electron chi connectivity index (χ3n) is 1.62. The zero-order chi connectivity index (χ0) is 12.0. The molecule has 0 aliphatic rings. The predicted molar refractivity (Wildman–Crippen MR) is 81.6 cm³/mol. The van der Waals surface area contributed by atoms with Gasteiger partial charge in [-0.05, 0) is 81.6 Å². The Morgan fingerprint density at radius 1 is 0.706 bits per heavy atom. The van der Waals surface area contributed by atoms with Crippen LogP contribution < -0.4 is 0 Å². The van der Waals surface area contributed by atoms with Gasteiger partial charge in [-0.1, -0.05) is 12.1 Å². The van der Waals surface area contributed by atoms with Crippen molar-refractivity contribution >= 4 is 45.2 Å². The van der Waals surface area contributed by atoms with E-state index in [1.807, 2.05) is 24.3 Å². The average molecular weight is 531 g/mol. The molecule has 0 amide bonds. The number of rotatable bonds is 0. The van der Waals surface area contributed by atoms with Gasteiger partial charge in [0.1, 0.15) is 11.5 Å². The summed E-state index contributed by atoms with van der Waals surface area (Å²) in [7, 11) is 0. The Balaban J connectivity index is 0.000000284. The summed E-state index contributed by atoms with van der Waals surface area (Å²) in [6, 6.07) is 14.2. The predicted octanol–water partition coefficient (Wildman–Crippen LogP) is 3.99. The quantitative estimate of drug-likeness (QED) is 0.506. The first-order chi connectivity index (χ1) is 7.58. The molecule has 0 aliphatic carbocycles. The maximum absolute atomic E-state index is 8.81. The minimum absolute atomic E-state index is 0. The SMILES string of the molecule is Oc1cccc(I)c1.Oc1cccc(I)c1.[Zr]. The molecule has 0 saturated carbocycles. The molecule has 2 aromatic carbocycles. The molecule has 17 heavy (non-hydrogen) atoms. The van der Waals surface area contributed by atoms with Crippen LogP contribution in [0, 0.1) is 7.14 Å². The molecule has 0 aromatic heterocycles. The van der Waals surface area contributed by atoms with Gasteiger partial charge in [0.2, 0.25) is 0 Å². The third-order valence-corrected chi connectivity index (χ3v) is 2.96. The van der Waals surface area contributed by atoms with Crippen molar-refractivity contribution in [1.29, 1.82) is 0 Å².